The average molecular weight is 268 g/mol. The highest BCUT2D eigenvalue weighted by Gasteiger charge is 2.40. The van der Waals surface area contributed by atoms with E-state index in [4.69, 9.17) is 9.84 Å². The van der Waals surface area contributed by atoms with Crippen LogP contribution >= 0.6 is 0 Å². The molecule has 2 fully saturated rings. The lowest BCUT2D eigenvalue weighted by atomic mass is 9.82. The summed E-state index contributed by atoms with van der Waals surface area (Å²) in [6.45, 7) is -0.443. The van der Waals surface area contributed by atoms with E-state index in [0.717, 1.165) is 12.8 Å². The third-order valence-electron chi connectivity index (χ3n) is 3.31. The van der Waals surface area contributed by atoms with Crippen molar-refractivity contribution < 1.29 is 29.3 Å². The van der Waals surface area contributed by atoms with Crippen LogP contribution in [0.15, 0.2) is 11.3 Å². The van der Waals surface area contributed by atoms with Crippen molar-refractivity contribution in [3.05, 3.63) is 11.3 Å². The van der Waals surface area contributed by atoms with Gasteiger partial charge in [0.1, 0.15) is 12.4 Å². The Bertz CT molecular complexity index is 426. The maximum Gasteiger partial charge on any atom is 0.309 e. The van der Waals surface area contributed by atoms with Crippen LogP contribution in [0.2, 0.25) is 0 Å². The van der Waals surface area contributed by atoms with E-state index in [1.165, 1.54) is 0 Å². The minimum Gasteiger partial charge on any atom is -0.511 e. The monoisotopic (exact) mass is 268 g/mol. The van der Waals surface area contributed by atoms with Gasteiger partial charge < -0.3 is 14.9 Å². The van der Waals surface area contributed by atoms with Crippen LogP contribution in [0.25, 0.3) is 0 Å². The summed E-state index contributed by atoms with van der Waals surface area (Å²) in [4.78, 5) is 35.3. The van der Waals surface area contributed by atoms with Crippen molar-refractivity contribution in [1.82, 2.24) is 0 Å². The predicted molar refractivity (Wildman–Crippen MR) is 63.2 cm³/mol. The van der Waals surface area contributed by atoms with E-state index >= 15 is 0 Å². The second-order valence-electron chi connectivity index (χ2n) is 4.88. The number of aliphatic hydroxyl groups excluding tert-OH is 2. The molecule has 6 nitrogen and oxygen atoms in total. The lowest BCUT2D eigenvalue weighted by molar-refractivity contribution is -0.153. The van der Waals surface area contributed by atoms with E-state index in [0.29, 0.717) is 0 Å². The number of hydrogen-bond acceptors (Lipinski definition) is 6. The van der Waals surface area contributed by atoms with Gasteiger partial charge in [-0.2, -0.15) is 0 Å². The van der Waals surface area contributed by atoms with Crippen molar-refractivity contribution in [2.24, 2.45) is 11.8 Å². The number of hydrogen-bond donors (Lipinski definition) is 2. The first-order valence-electron chi connectivity index (χ1n) is 6.31. The second kappa shape index (κ2) is 5.52. The molecule has 2 aliphatic carbocycles. The lowest BCUT2D eigenvalue weighted by Gasteiger charge is -2.21. The van der Waals surface area contributed by atoms with Gasteiger partial charge in [0.25, 0.3) is 0 Å². The molecule has 104 valence electrons. The Morgan fingerprint density at radius 2 is 1.74 bits per heavy atom. The topological polar surface area (TPSA) is 101 Å². The molecule has 0 atom stereocenters. The van der Waals surface area contributed by atoms with E-state index in [9.17, 15) is 19.5 Å². The molecule has 0 heterocycles. The quantitative estimate of drug-likeness (QED) is 0.329. The first-order valence-corrected chi connectivity index (χ1v) is 6.31. The molecular weight excluding hydrogens is 252 g/mol. The highest BCUT2D eigenvalue weighted by atomic mass is 16.5. The zero-order valence-corrected chi connectivity index (χ0v) is 10.4. The number of ether oxygens (including phenoxy) is 1. The number of allylic oxidation sites excluding steroid dienone is 2. The molecule has 0 aromatic rings. The van der Waals surface area contributed by atoms with Gasteiger partial charge in [0.05, 0.1) is 18.1 Å². The van der Waals surface area contributed by atoms with Gasteiger partial charge in [-0.15, -0.1) is 0 Å². The van der Waals surface area contributed by atoms with Crippen LogP contribution in [0.1, 0.15) is 25.7 Å². The van der Waals surface area contributed by atoms with Gasteiger partial charge in [-0.05, 0) is 12.8 Å². The number of rotatable bonds is 4. The van der Waals surface area contributed by atoms with Gasteiger partial charge in [0.15, 0.2) is 11.6 Å². The van der Waals surface area contributed by atoms with Crippen LogP contribution < -0.4 is 0 Å². The third-order valence-corrected chi connectivity index (χ3v) is 3.31. The van der Waals surface area contributed by atoms with Crippen molar-refractivity contribution in [3.63, 3.8) is 0 Å². The molecular formula is C13H16O6. The maximum atomic E-state index is 11.9. The Hall–Kier alpha value is -1.69. The molecule has 0 radical (unpaired) electrons. The van der Waals surface area contributed by atoms with Crippen molar-refractivity contribution in [3.8, 4) is 0 Å². The average Bonchev–Trinajstić information content (AvgIpc) is 3.18. The first-order chi connectivity index (χ1) is 9.04. The van der Waals surface area contributed by atoms with Crippen LogP contribution in [-0.2, 0) is 19.1 Å². The first kappa shape index (κ1) is 13.7. The molecule has 0 aromatic carbocycles. The lowest BCUT2D eigenvalue weighted by Crippen LogP contribution is -2.33. The van der Waals surface area contributed by atoms with E-state index < -0.39 is 23.5 Å². The number of ketones is 2. The fraction of sp³-hybridized carbons (Fsp3) is 0.615. The molecule has 6 heteroatoms. The summed E-state index contributed by atoms with van der Waals surface area (Å²) in [5, 5.41) is 18.4. The van der Waals surface area contributed by atoms with Crippen molar-refractivity contribution in [2.75, 3.05) is 13.2 Å². The Labute approximate surface area is 110 Å². The Balaban J connectivity index is 2.06. The number of Topliss-reactive ketones (excluding diaryl/α,β-unsaturated/α-hetero) is 2. The van der Waals surface area contributed by atoms with Crippen molar-refractivity contribution in [2.45, 2.75) is 25.7 Å². The number of carbonyl (C=O) groups is 3. The zero-order chi connectivity index (χ0) is 14.0. The number of esters is 1. The van der Waals surface area contributed by atoms with Crippen LogP contribution in [0, 0.1) is 11.8 Å². The Morgan fingerprint density at radius 1 is 1.16 bits per heavy atom. The number of aliphatic hydroxyl groups is 2. The zero-order valence-electron chi connectivity index (χ0n) is 10.4. The van der Waals surface area contributed by atoms with E-state index in [1.54, 1.807) is 0 Å². The summed E-state index contributed by atoms with van der Waals surface area (Å²) in [6.07, 6.45) is 1.33. The molecule has 2 saturated carbocycles. The van der Waals surface area contributed by atoms with Gasteiger partial charge in [-0.3, -0.25) is 14.4 Å². The standard InChI is InChI=1S/C13H16O6/c14-3-4-19-13(18)8-5-9(15)11(10(16)6-8)12(17)7-1-2-7/h7-8,14,17H,1-6H2. The van der Waals surface area contributed by atoms with E-state index in [-0.39, 0.29) is 43.3 Å². The molecule has 0 unspecified atom stereocenters. The molecule has 2 rings (SSSR count). The largest absolute Gasteiger partial charge is 0.511 e. The van der Waals surface area contributed by atoms with Gasteiger partial charge in [-0.25, -0.2) is 0 Å². The van der Waals surface area contributed by atoms with Crippen LogP contribution in [-0.4, -0.2) is 41.0 Å². The summed E-state index contributed by atoms with van der Waals surface area (Å²) < 4.78 is 4.71. The van der Waals surface area contributed by atoms with E-state index in [2.05, 4.69) is 0 Å². The molecule has 0 amide bonds. The van der Waals surface area contributed by atoms with E-state index in [1.807, 2.05) is 0 Å². The highest BCUT2D eigenvalue weighted by Crippen LogP contribution is 2.38. The predicted octanol–water partition coefficient (Wildman–Crippen LogP) is 0.292. The van der Waals surface area contributed by atoms with Gasteiger partial charge >= 0.3 is 5.97 Å². The Morgan fingerprint density at radius 3 is 2.21 bits per heavy atom. The summed E-state index contributed by atoms with van der Waals surface area (Å²) in [5.74, 6) is -2.63. The van der Waals surface area contributed by atoms with Crippen LogP contribution in [0.4, 0.5) is 0 Å². The minimum atomic E-state index is -0.803. The third kappa shape index (κ3) is 3.01. The minimum absolute atomic E-state index is 0.0687. The molecule has 0 saturated heterocycles. The molecule has 19 heavy (non-hydrogen) atoms. The number of carbonyl (C=O) groups excluding carboxylic acids is 3. The van der Waals surface area contributed by atoms with Crippen molar-refractivity contribution >= 4 is 17.5 Å². The van der Waals surface area contributed by atoms with Gasteiger partial charge in [0, 0.05) is 18.8 Å². The summed E-state index contributed by atoms with van der Waals surface area (Å²) >= 11 is 0. The maximum absolute atomic E-state index is 11.9. The fourth-order valence-electron chi connectivity index (χ4n) is 2.16. The summed E-state index contributed by atoms with van der Waals surface area (Å²) in [6, 6.07) is 0. The van der Waals surface area contributed by atoms with Crippen LogP contribution in [0.3, 0.4) is 0 Å². The Kier molecular flexibility index (Phi) is 3.99. The van der Waals surface area contributed by atoms with Gasteiger partial charge in [-0.1, -0.05) is 0 Å². The normalized spacial score (nSPS) is 23.4. The van der Waals surface area contributed by atoms with Crippen LogP contribution in [0.5, 0.6) is 0 Å². The molecule has 0 bridgehead atoms. The SMILES string of the molecule is O=C1CC(C(=O)OCCO)CC(=O)C1=C(O)C1CC1. The van der Waals surface area contributed by atoms with Gasteiger partial charge in [0.2, 0.25) is 0 Å². The molecule has 0 aromatic heterocycles. The summed E-state index contributed by atoms with van der Waals surface area (Å²) in [7, 11) is 0. The summed E-state index contributed by atoms with van der Waals surface area (Å²) in [5.41, 5.74) is -0.131. The molecule has 2 N–H and O–H groups in total. The molecule has 0 aliphatic heterocycles. The fourth-order valence-corrected chi connectivity index (χ4v) is 2.16. The molecule has 0 spiro atoms. The smallest absolute Gasteiger partial charge is 0.309 e. The highest BCUT2D eigenvalue weighted by molar-refractivity contribution is 6.23. The second-order valence-corrected chi connectivity index (χ2v) is 4.88. The molecule has 2 aliphatic rings. The van der Waals surface area contributed by atoms with Crippen molar-refractivity contribution in [1.29, 1.82) is 0 Å².